The summed E-state index contributed by atoms with van der Waals surface area (Å²) in [6.07, 6.45) is 0.848. The van der Waals surface area contributed by atoms with Gasteiger partial charge in [0, 0.05) is 6.42 Å². The van der Waals surface area contributed by atoms with Gasteiger partial charge in [0.25, 0.3) is 0 Å². The Bertz CT molecular complexity index is 217. The van der Waals surface area contributed by atoms with Crippen LogP contribution in [-0.2, 0) is 23.9 Å². The van der Waals surface area contributed by atoms with Gasteiger partial charge in [0.15, 0.2) is 5.41 Å². The van der Waals surface area contributed by atoms with Crippen molar-refractivity contribution in [3.05, 3.63) is 0 Å². The van der Waals surface area contributed by atoms with E-state index in [2.05, 4.69) is 9.47 Å². The van der Waals surface area contributed by atoms with Crippen molar-refractivity contribution in [3.63, 3.8) is 0 Å². The molecule has 0 saturated heterocycles. The molecule has 0 radical (unpaired) electrons. The first-order valence-corrected chi connectivity index (χ1v) is 4.13. The summed E-state index contributed by atoms with van der Waals surface area (Å²) in [6, 6.07) is 0. The van der Waals surface area contributed by atoms with E-state index in [0.29, 0.717) is 6.29 Å². The van der Waals surface area contributed by atoms with E-state index in [-0.39, 0.29) is 12.8 Å². The smallest absolute Gasteiger partial charge is 0.322 e. The van der Waals surface area contributed by atoms with Gasteiger partial charge in [0.1, 0.15) is 6.29 Å². The highest BCUT2D eigenvalue weighted by Crippen LogP contribution is 2.26. The zero-order valence-electron chi connectivity index (χ0n) is 8.53. The van der Waals surface area contributed by atoms with Crippen molar-refractivity contribution in [2.75, 3.05) is 14.2 Å². The van der Waals surface area contributed by atoms with Crippen molar-refractivity contribution in [2.24, 2.45) is 5.41 Å². The highest BCUT2D eigenvalue weighted by Gasteiger charge is 2.42. The Morgan fingerprint density at radius 2 is 1.64 bits per heavy atom. The van der Waals surface area contributed by atoms with E-state index < -0.39 is 17.4 Å². The molecule has 0 amide bonds. The van der Waals surface area contributed by atoms with Crippen LogP contribution >= 0.6 is 0 Å². The van der Waals surface area contributed by atoms with Gasteiger partial charge in [-0.1, -0.05) is 0 Å². The molecule has 0 bridgehead atoms. The van der Waals surface area contributed by atoms with Gasteiger partial charge in [-0.15, -0.1) is 0 Å². The van der Waals surface area contributed by atoms with Crippen molar-refractivity contribution in [2.45, 2.75) is 19.8 Å². The number of hydrogen-bond acceptors (Lipinski definition) is 5. The molecule has 0 aromatic rings. The molecule has 0 N–H and O–H groups in total. The van der Waals surface area contributed by atoms with Crippen molar-refractivity contribution in [1.29, 1.82) is 0 Å². The number of ether oxygens (including phenoxy) is 2. The summed E-state index contributed by atoms with van der Waals surface area (Å²) in [7, 11) is 2.37. The molecule has 80 valence electrons. The molecular weight excluding hydrogens is 188 g/mol. The normalized spacial score (nSPS) is 10.5. The molecule has 14 heavy (non-hydrogen) atoms. The maximum absolute atomic E-state index is 11.3. The summed E-state index contributed by atoms with van der Waals surface area (Å²) in [5.41, 5.74) is -1.38. The number of hydrogen-bond donors (Lipinski definition) is 0. The van der Waals surface area contributed by atoms with Crippen LogP contribution in [-0.4, -0.2) is 32.4 Å². The molecule has 0 atom stereocenters. The summed E-state index contributed by atoms with van der Waals surface area (Å²) in [6.45, 7) is 1.40. The zero-order chi connectivity index (χ0) is 11.2. The van der Waals surface area contributed by atoms with Gasteiger partial charge < -0.3 is 14.3 Å². The minimum Gasteiger partial charge on any atom is -0.468 e. The molecule has 0 heterocycles. The Labute approximate surface area is 82.4 Å². The Kier molecular flexibility index (Phi) is 4.83. The van der Waals surface area contributed by atoms with E-state index in [9.17, 15) is 14.4 Å². The molecule has 0 spiro atoms. The second-order valence-electron chi connectivity index (χ2n) is 3.02. The van der Waals surface area contributed by atoms with Crippen LogP contribution < -0.4 is 0 Å². The SMILES string of the molecule is COC(=O)C(C)(CCC=O)C(=O)OC. The maximum atomic E-state index is 11.3. The monoisotopic (exact) mass is 202 g/mol. The number of aldehydes is 1. The lowest BCUT2D eigenvalue weighted by molar-refractivity contribution is -0.168. The van der Waals surface area contributed by atoms with E-state index in [1.807, 2.05) is 0 Å². The predicted octanol–water partition coefficient (Wildman–Crippen LogP) is 0.318. The Hall–Kier alpha value is -1.39. The lowest BCUT2D eigenvalue weighted by Gasteiger charge is -2.22. The van der Waals surface area contributed by atoms with E-state index in [4.69, 9.17) is 0 Å². The molecule has 0 aromatic heterocycles. The van der Waals surface area contributed by atoms with Gasteiger partial charge in [-0.05, 0) is 13.3 Å². The molecule has 0 aliphatic heterocycles. The molecule has 0 unspecified atom stereocenters. The standard InChI is InChI=1S/C9H14O5/c1-9(5-4-6-10,7(11)13-2)8(12)14-3/h6H,4-5H2,1-3H3. The fourth-order valence-electron chi connectivity index (χ4n) is 1.09. The molecule has 0 aliphatic rings. The van der Waals surface area contributed by atoms with Gasteiger partial charge >= 0.3 is 11.9 Å². The number of carbonyl (C=O) groups excluding carboxylic acids is 3. The quantitative estimate of drug-likeness (QED) is 0.364. The second kappa shape index (κ2) is 5.36. The molecule has 0 saturated carbocycles. The number of methoxy groups -OCH3 is 2. The van der Waals surface area contributed by atoms with E-state index >= 15 is 0 Å². The second-order valence-corrected chi connectivity index (χ2v) is 3.02. The fraction of sp³-hybridized carbons (Fsp3) is 0.667. The highest BCUT2D eigenvalue weighted by atomic mass is 16.5. The third kappa shape index (κ3) is 2.55. The van der Waals surface area contributed by atoms with E-state index in [1.54, 1.807) is 0 Å². The van der Waals surface area contributed by atoms with Crippen LogP contribution in [0.2, 0.25) is 0 Å². The molecule has 0 aliphatic carbocycles. The first-order chi connectivity index (χ1) is 6.52. The summed E-state index contributed by atoms with van der Waals surface area (Å²) >= 11 is 0. The number of esters is 2. The van der Waals surface area contributed by atoms with Crippen molar-refractivity contribution >= 4 is 18.2 Å². The van der Waals surface area contributed by atoms with Gasteiger partial charge in [0.2, 0.25) is 0 Å². The highest BCUT2D eigenvalue weighted by molar-refractivity contribution is 5.99. The number of rotatable bonds is 5. The Balaban J connectivity index is 4.73. The van der Waals surface area contributed by atoms with Crippen LogP contribution in [0.1, 0.15) is 19.8 Å². The van der Waals surface area contributed by atoms with Crippen LogP contribution in [0.5, 0.6) is 0 Å². The first kappa shape index (κ1) is 12.6. The molecule has 5 nitrogen and oxygen atoms in total. The van der Waals surface area contributed by atoms with Crippen molar-refractivity contribution in [3.8, 4) is 0 Å². The third-order valence-corrected chi connectivity index (χ3v) is 2.03. The topological polar surface area (TPSA) is 69.7 Å². The number of carbonyl (C=O) groups is 3. The third-order valence-electron chi connectivity index (χ3n) is 2.03. The van der Waals surface area contributed by atoms with Crippen LogP contribution in [0.3, 0.4) is 0 Å². The summed E-state index contributed by atoms with van der Waals surface area (Å²) in [5.74, 6) is -1.38. The predicted molar refractivity (Wildman–Crippen MR) is 47.4 cm³/mol. The average molecular weight is 202 g/mol. The average Bonchev–Trinajstić information content (AvgIpc) is 2.23. The lowest BCUT2D eigenvalue weighted by Crippen LogP contribution is -2.38. The minimum atomic E-state index is -1.38. The van der Waals surface area contributed by atoms with E-state index in [0.717, 1.165) is 0 Å². The Morgan fingerprint density at radius 1 is 1.21 bits per heavy atom. The van der Waals surface area contributed by atoms with Crippen LogP contribution in [0.15, 0.2) is 0 Å². The molecule has 0 rings (SSSR count). The molecule has 0 aromatic carbocycles. The summed E-state index contributed by atoms with van der Waals surface area (Å²) in [5, 5.41) is 0. The van der Waals surface area contributed by atoms with E-state index in [1.165, 1.54) is 21.1 Å². The summed E-state index contributed by atoms with van der Waals surface area (Å²) in [4.78, 5) is 32.8. The largest absolute Gasteiger partial charge is 0.468 e. The molecule has 5 heteroatoms. The first-order valence-electron chi connectivity index (χ1n) is 4.13. The zero-order valence-corrected chi connectivity index (χ0v) is 8.53. The van der Waals surface area contributed by atoms with Gasteiger partial charge in [-0.2, -0.15) is 0 Å². The molecular formula is C9H14O5. The lowest BCUT2D eigenvalue weighted by atomic mass is 9.86. The van der Waals surface area contributed by atoms with Crippen LogP contribution in [0.25, 0.3) is 0 Å². The van der Waals surface area contributed by atoms with Crippen LogP contribution in [0.4, 0.5) is 0 Å². The fourth-order valence-corrected chi connectivity index (χ4v) is 1.09. The van der Waals surface area contributed by atoms with Crippen LogP contribution in [0, 0.1) is 5.41 Å². The Morgan fingerprint density at radius 3 is 1.93 bits per heavy atom. The van der Waals surface area contributed by atoms with Crippen molar-refractivity contribution < 1.29 is 23.9 Å². The summed E-state index contributed by atoms with van der Waals surface area (Å²) < 4.78 is 8.96. The van der Waals surface area contributed by atoms with Gasteiger partial charge in [0.05, 0.1) is 14.2 Å². The maximum Gasteiger partial charge on any atom is 0.322 e. The van der Waals surface area contributed by atoms with Gasteiger partial charge in [-0.25, -0.2) is 0 Å². The van der Waals surface area contributed by atoms with Gasteiger partial charge in [-0.3, -0.25) is 9.59 Å². The minimum absolute atomic E-state index is 0.0931. The molecule has 0 fully saturated rings. The van der Waals surface area contributed by atoms with Crippen molar-refractivity contribution in [1.82, 2.24) is 0 Å².